The minimum Gasteiger partial charge on any atom is -0.374 e. The smallest absolute Gasteiger partial charge is 0.374 e. The summed E-state index contributed by atoms with van der Waals surface area (Å²) < 4.78 is 41.4. The van der Waals surface area contributed by atoms with Crippen LogP contribution >= 0.6 is 0 Å². The maximum atomic E-state index is 11.9. The van der Waals surface area contributed by atoms with Crippen LogP contribution in [0.5, 0.6) is 0 Å². The van der Waals surface area contributed by atoms with E-state index in [0.717, 1.165) is 26.2 Å². The van der Waals surface area contributed by atoms with Gasteiger partial charge in [0.05, 0.1) is 12.7 Å². The lowest BCUT2D eigenvalue weighted by Gasteiger charge is -2.35. The molecule has 1 saturated heterocycles. The zero-order valence-corrected chi connectivity index (χ0v) is 11.8. The van der Waals surface area contributed by atoms with E-state index < -0.39 is 12.6 Å². The van der Waals surface area contributed by atoms with Crippen molar-refractivity contribution in [2.24, 2.45) is 0 Å². The van der Waals surface area contributed by atoms with Gasteiger partial charge in [0.25, 0.3) is 0 Å². The van der Waals surface area contributed by atoms with Gasteiger partial charge in [-0.1, -0.05) is 0 Å². The first-order valence-corrected chi connectivity index (χ1v) is 7.01. The first-order chi connectivity index (χ1) is 8.88. The van der Waals surface area contributed by atoms with Crippen LogP contribution in [0, 0.1) is 0 Å². The maximum Gasteiger partial charge on any atom is 0.389 e. The van der Waals surface area contributed by atoms with Gasteiger partial charge in [0.2, 0.25) is 0 Å². The van der Waals surface area contributed by atoms with Crippen LogP contribution in [-0.4, -0.2) is 56.0 Å². The summed E-state index contributed by atoms with van der Waals surface area (Å²) in [6.07, 6.45) is -3.81. The molecule has 0 aromatic carbocycles. The highest BCUT2D eigenvalue weighted by molar-refractivity contribution is 4.75. The Labute approximate surface area is 113 Å². The zero-order valence-electron chi connectivity index (χ0n) is 11.8. The Hall–Kier alpha value is -0.330. The number of hydrogen-bond donors (Lipinski definition) is 1. The second-order valence-corrected chi connectivity index (χ2v) is 5.36. The molecule has 6 heteroatoms. The van der Waals surface area contributed by atoms with Crippen molar-refractivity contribution in [1.29, 1.82) is 0 Å². The van der Waals surface area contributed by atoms with Gasteiger partial charge in [-0.3, -0.25) is 4.90 Å². The molecule has 19 heavy (non-hydrogen) atoms. The fourth-order valence-electron chi connectivity index (χ4n) is 2.17. The van der Waals surface area contributed by atoms with Crippen molar-refractivity contribution in [3.63, 3.8) is 0 Å². The van der Waals surface area contributed by atoms with E-state index in [2.05, 4.69) is 24.1 Å². The molecule has 1 aliphatic rings. The van der Waals surface area contributed by atoms with Crippen LogP contribution in [0.2, 0.25) is 0 Å². The maximum absolute atomic E-state index is 11.9. The number of nitrogens with zero attached hydrogens (tertiary/aromatic N) is 1. The van der Waals surface area contributed by atoms with Gasteiger partial charge in [0, 0.05) is 32.1 Å². The van der Waals surface area contributed by atoms with Crippen molar-refractivity contribution in [3.05, 3.63) is 0 Å². The van der Waals surface area contributed by atoms with Crippen molar-refractivity contribution in [2.75, 3.05) is 32.8 Å². The van der Waals surface area contributed by atoms with E-state index in [1.165, 1.54) is 0 Å². The van der Waals surface area contributed by atoms with E-state index in [-0.39, 0.29) is 12.5 Å². The summed E-state index contributed by atoms with van der Waals surface area (Å²) in [6.45, 7) is 8.25. The Balaban J connectivity index is 2.03. The number of alkyl halides is 3. The third-order valence-electron chi connectivity index (χ3n) is 3.34. The molecule has 0 saturated carbocycles. The largest absolute Gasteiger partial charge is 0.389 e. The van der Waals surface area contributed by atoms with Gasteiger partial charge in [0.1, 0.15) is 0 Å². The summed E-state index contributed by atoms with van der Waals surface area (Å²) in [5.74, 6) is 0. The van der Waals surface area contributed by atoms with E-state index in [4.69, 9.17) is 4.74 Å². The third kappa shape index (κ3) is 7.74. The Morgan fingerprint density at radius 1 is 1.32 bits per heavy atom. The molecule has 0 aromatic heterocycles. The van der Waals surface area contributed by atoms with E-state index in [9.17, 15) is 13.2 Å². The second kappa shape index (κ2) is 8.07. The monoisotopic (exact) mass is 282 g/mol. The third-order valence-corrected chi connectivity index (χ3v) is 3.34. The molecular formula is C13H25F3N2O. The van der Waals surface area contributed by atoms with Crippen LogP contribution in [0.1, 0.15) is 33.1 Å². The van der Waals surface area contributed by atoms with Crippen molar-refractivity contribution < 1.29 is 17.9 Å². The molecule has 0 radical (unpaired) electrons. The molecular weight excluding hydrogens is 257 g/mol. The molecule has 3 nitrogen and oxygen atoms in total. The molecule has 1 unspecified atom stereocenters. The van der Waals surface area contributed by atoms with Crippen LogP contribution < -0.4 is 5.32 Å². The summed E-state index contributed by atoms with van der Waals surface area (Å²) >= 11 is 0. The van der Waals surface area contributed by atoms with Crippen LogP contribution in [0.4, 0.5) is 13.2 Å². The van der Waals surface area contributed by atoms with Crippen molar-refractivity contribution in [3.8, 4) is 0 Å². The van der Waals surface area contributed by atoms with E-state index in [0.29, 0.717) is 19.0 Å². The predicted molar refractivity (Wildman–Crippen MR) is 69.2 cm³/mol. The highest BCUT2D eigenvalue weighted by Gasteiger charge is 2.26. The molecule has 1 aliphatic heterocycles. The molecule has 0 aromatic rings. The summed E-state index contributed by atoms with van der Waals surface area (Å²) in [6, 6.07) is 0.512. The molecule has 0 aliphatic carbocycles. The molecule has 1 fully saturated rings. The Bertz CT molecular complexity index is 247. The van der Waals surface area contributed by atoms with Gasteiger partial charge in [-0.2, -0.15) is 13.2 Å². The number of hydrogen-bond acceptors (Lipinski definition) is 3. The Morgan fingerprint density at radius 2 is 2.05 bits per heavy atom. The lowest BCUT2D eigenvalue weighted by Crippen LogP contribution is -2.49. The van der Waals surface area contributed by atoms with Crippen molar-refractivity contribution in [1.82, 2.24) is 10.2 Å². The van der Waals surface area contributed by atoms with Gasteiger partial charge in [-0.05, 0) is 33.2 Å². The molecule has 1 rings (SSSR count). The van der Waals surface area contributed by atoms with Gasteiger partial charge in [0.15, 0.2) is 0 Å². The molecule has 1 atom stereocenters. The Kier molecular flexibility index (Phi) is 7.10. The zero-order chi connectivity index (χ0) is 14.3. The molecule has 0 bridgehead atoms. The van der Waals surface area contributed by atoms with Crippen molar-refractivity contribution in [2.45, 2.75) is 51.4 Å². The van der Waals surface area contributed by atoms with Gasteiger partial charge < -0.3 is 10.1 Å². The SMILES string of the molecule is CC(C)N1CCOC(CNCCCCC(F)(F)F)C1. The molecule has 1 heterocycles. The molecule has 1 N–H and O–H groups in total. The number of rotatable bonds is 7. The first-order valence-electron chi connectivity index (χ1n) is 7.01. The summed E-state index contributed by atoms with van der Waals surface area (Å²) in [4.78, 5) is 2.36. The lowest BCUT2D eigenvalue weighted by molar-refractivity contribution is -0.135. The number of unbranched alkanes of at least 4 members (excludes halogenated alkanes) is 1. The summed E-state index contributed by atoms with van der Waals surface area (Å²) in [5, 5.41) is 3.18. The Morgan fingerprint density at radius 3 is 2.68 bits per heavy atom. The lowest BCUT2D eigenvalue weighted by atomic mass is 10.2. The quantitative estimate of drug-likeness (QED) is 0.726. The van der Waals surface area contributed by atoms with Crippen molar-refractivity contribution >= 4 is 0 Å². The van der Waals surface area contributed by atoms with E-state index >= 15 is 0 Å². The van der Waals surface area contributed by atoms with Crippen LogP contribution in [-0.2, 0) is 4.74 Å². The van der Waals surface area contributed by atoms with Crippen LogP contribution in [0.25, 0.3) is 0 Å². The first kappa shape index (κ1) is 16.7. The molecule has 0 spiro atoms. The summed E-state index contributed by atoms with van der Waals surface area (Å²) in [7, 11) is 0. The van der Waals surface area contributed by atoms with E-state index in [1.807, 2.05) is 0 Å². The normalized spacial score (nSPS) is 22.1. The fraction of sp³-hybridized carbons (Fsp3) is 1.00. The number of morpholine rings is 1. The molecule has 0 amide bonds. The molecule has 114 valence electrons. The fourth-order valence-corrected chi connectivity index (χ4v) is 2.17. The number of halogens is 3. The van der Waals surface area contributed by atoms with Crippen LogP contribution in [0.15, 0.2) is 0 Å². The highest BCUT2D eigenvalue weighted by Crippen LogP contribution is 2.21. The minimum absolute atomic E-state index is 0.152. The summed E-state index contributed by atoms with van der Waals surface area (Å²) in [5.41, 5.74) is 0. The highest BCUT2D eigenvalue weighted by atomic mass is 19.4. The van der Waals surface area contributed by atoms with Gasteiger partial charge in [-0.25, -0.2) is 0 Å². The van der Waals surface area contributed by atoms with E-state index in [1.54, 1.807) is 0 Å². The standard InChI is InChI=1S/C13H25F3N2O/c1-11(2)18-7-8-19-12(10-18)9-17-6-4-3-5-13(14,15)16/h11-12,17H,3-10H2,1-2H3. The second-order valence-electron chi connectivity index (χ2n) is 5.36. The topological polar surface area (TPSA) is 24.5 Å². The van der Waals surface area contributed by atoms with Gasteiger partial charge >= 0.3 is 6.18 Å². The average Bonchev–Trinajstić information content (AvgIpc) is 2.32. The number of ether oxygens (including phenoxy) is 1. The number of nitrogens with one attached hydrogen (secondary N) is 1. The average molecular weight is 282 g/mol. The predicted octanol–water partition coefficient (Wildman–Crippen LogP) is 2.42. The van der Waals surface area contributed by atoms with Crippen LogP contribution in [0.3, 0.4) is 0 Å². The van der Waals surface area contributed by atoms with Gasteiger partial charge in [-0.15, -0.1) is 0 Å². The minimum atomic E-state index is -4.02.